The van der Waals surface area contributed by atoms with E-state index < -0.39 is 0 Å². The highest BCUT2D eigenvalue weighted by atomic mass is 16.5. The smallest absolute Gasteiger partial charge is 0.328 e. The number of aromatic nitrogens is 2. The third-order valence-corrected chi connectivity index (χ3v) is 3.58. The first-order valence-electron chi connectivity index (χ1n) is 6.74. The van der Waals surface area contributed by atoms with Crippen LogP contribution in [0.2, 0.25) is 0 Å². The molecule has 1 N–H and O–H groups in total. The Morgan fingerprint density at radius 1 is 1.35 bits per heavy atom. The molecular weight excluding hydrogens is 256 g/mol. The SMILES string of the molecule is CCc1cn(CC2Cc3ccccc3O2)c(=O)[nH]c1=O. The van der Waals surface area contributed by atoms with Crippen LogP contribution in [-0.2, 0) is 19.4 Å². The normalized spacial score (nSPS) is 16.8. The van der Waals surface area contributed by atoms with E-state index in [0.29, 0.717) is 18.5 Å². The molecular formula is C15H16N2O3. The van der Waals surface area contributed by atoms with E-state index in [1.165, 1.54) is 4.57 Å². The van der Waals surface area contributed by atoms with E-state index in [4.69, 9.17) is 4.74 Å². The third-order valence-electron chi connectivity index (χ3n) is 3.58. The first kappa shape index (κ1) is 12.7. The first-order chi connectivity index (χ1) is 9.67. The van der Waals surface area contributed by atoms with Crippen LogP contribution < -0.4 is 16.0 Å². The van der Waals surface area contributed by atoms with Gasteiger partial charge in [-0.15, -0.1) is 0 Å². The molecule has 2 heterocycles. The van der Waals surface area contributed by atoms with E-state index >= 15 is 0 Å². The van der Waals surface area contributed by atoms with Gasteiger partial charge in [-0.3, -0.25) is 14.3 Å². The number of rotatable bonds is 3. The molecule has 0 saturated heterocycles. The molecule has 1 atom stereocenters. The average Bonchev–Trinajstić information content (AvgIpc) is 2.84. The van der Waals surface area contributed by atoms with Gasteiger partial charge >= 0.3 is 5.69 Å². The van der Waals surface area contributed by atoms with Crippen molar-refractivity contribution < 1.29 is 4.74 Å². The van der Waals surface area contributed by atoms with Crippen LogP contribution in [0.5, 0.6) is 5.75 Å². The van der Waals surface area contributed by atoms with Crippen LogP contribution in [0.25, 0.3) is 0 Å². The zero-order valence-electron chi connectivity index (χ0n) is 11.3. The zero-order chi connectivity index (χ0) is 14.1. The molecule has 104 valence electrons. The molecule has 1 aliphatic heterocycles. The topological polar surface area (TPSA) is 64.1 Å². The molecule has 20 heavy (non-hydrogen) atoms. The van der Waals surface area contributed by atoms with Crippen molar-refractivity contribution in [1.29, 1.82) is 0 Å². The molecule has 5 nitrogen and oxygen atoms in total. The summed E-state index contributed by atoms with van der Waals surface area (Å²) in [6, 6.07) is 7.87. The van der Waals surface area contributed by atoms with Crippen molar-refractivity contribution in [2.24, 2.45) is 0 Å². The van der Waals surface area contributed by atoms with Crippen molar-refractivity contribution in [1.82, 2.24) is 9.55 Å². The summed E-state index contributed by atoms with van der Waals surface area (Å²) in [7, 11) is 0. The van der Waals surface area contributed by atoms with Gasteiger partial charge in [-0.1, -0.05) is 25.1 Å². The summed E-state index contributed by atoms with van der Waals surface area (Å²) in [4.78, 5) is 25.7. The Balaban J connectivity index is 1.84. The molecule has 0 radical (unpaired) electrons. The summed E-state index contributed by atoms with van der Waals surface area (Å²) in [5.41, 5.74) is 1.09. The second-order valence-electron chi connectivity index (χ2n) is 4.97. The van der Waals surface area contributed by atoms with Crippen LogP contribution in [0.3, 0.4) is 0 Å². The summed E-state index contributed by atoms with van der Waals surface area (Å²) < 4.78 is 7.34. The molecule has 0 saturated carbocycles. The summed E-state index contributed by atoms with van der Waals surface area (Å²) in [6.07, 6.45) is 2.94. The fourth-order valence-electron chi connectivity index (χ4n) is 2.52. The largest absolute Gasteiger partial charge is 0.488 e. The van der Waals surface area contributed by atoms with Crippen LogP contribution in [-0.4, -0.2) is 15.7 Å². The van der Waals surface area contributed by atoms with Crippen molar-refractivity contribution >= 4 is 0 Å². The number of hydrogen-bond acceptors (Lipinski definition) is 3. The monoisotopic (exact) mass is 272 g/mol. The van der Waals surface area contributed by atoms with E-state index in [2.05, 4.69) is 4.98 Å². The van der Waals surface area contributed by atoms with E-state index in [0.717, 1.165) is 17.7 Å². The molecule has 1 aliphatic rings. The number of para-hydroxylation sites is 1. The van der Waals surface area contributed by atoms with Crippen LogP contribution >= 0.6 is 0 Å². The van der Waals surface area contributed by atoms with Gasteiger partial charge in [0.25, 0.3) is 5.56 Å². The maximum absolute atomic E-state index is 11.8. The lowest BCUT2D eigenvalue weighted by atomic mass is 10.1. The second-order valence-corrected chi connectivity index (χ2v) is 4.97. The molecule has 2 aromatic rings. The highest BCUT2D eigenvalue weighted by Gasteiger charge is 2.23. The molecule has 0 spiro atoms. The van der Waals surface area contributed by atoms with Crippen molar-refractivity contribution in [3.05, 3.63) is 62.4 Å². The van der Waals surface area contributed by atoms with Gasteiger partial charge in [0.1, 0.15) is 11.9 Å². The summed E-state index contributed by atoms with van der Waals surface area (Å²) in [5, 5.41) is 0. The quantitative estimate of drug-likeness (QED) is 0.910. The second kappa shape index (κ2) is 5.00. The Morgan fingerprint density at radius 3 is 2.90 bits per heavy atom. The number of ether oxygens (including phenoxy) is 1. The minimum atomic E-state index is -0.383. The summed E-state index contributed by atoms with van der Waals surface area (Å²) in [5.74, 6) is 0.880. The number of aryl methyl sites for hydroxylation is 1. The molecule has 5 heteroatoms. The Hall–Kier alpha value is -2.30. The fraction of sp³-hybridized carbons (Fsp3) is 0.333. The van der Waals surface area contributed by atoms with E-state index in [1.807, 2.05) is 31.2 Å². The van der Waals surface area contributed by atoms with Crippen molar-refractivity contribution in [2.75, 3.05) is 0 Å². The Labute approximate surface area is 115 Å². The van der Waals surface area contributed by atoms with Gasteiger partial charge in [-0.2, -0.15) is 0 Å². The van der Waals surface area contributed by atoms with Crippen LogP contribution in [0, 0.1) is 0 Å². The van der Waals surface area contributed by atoms with Crippen molar-refractivity contribution in [3.63, 3.8) is 0 Å². The number of nitrogens with zero attached hydrogens (tertiary/aromatic N) is 1. The fourth-order valence-corrected chi connectivity index (χ4v) is 2.52. The van der Waals surface area contributed by atoms with Crippen molar-refractivity contribution in [2.45, 2.75) is 32.4 Å². The Morgan fingerprint density at radius 2 is 2.15 bits per heavy atom. The van der Waals surface area contributed by atoms with Crippen LogP contribution in [0.1, 0.15) is 18.1 Å². The summed E-state index contributed by atoms with van der Waals surface area (Å²) in [6.45, 7) is 2.33. The predicted molar refractivity (Wildman–Crippen MR) is 75.3 cm³/mol. The minimum Gasteiger partial charge on any atom is -0.488 e. The molecule has 0 bridgehead atoms. The molecule has 0 fully saturated rings. The Bertz CT molecular complexity index is 720. The first-order valence-corrected chi connectivity index (χ1v) is 6.74. The van der Waals surface area contributed by atoms with Gasteiger partial charge in [0, 0.05) is 18.2 Å². The number of benzene rings is 1. The molecule has 3 rings (SSSR count). The number of hydrogen-bond donors (Lipinski definition) is 1. The highest BCUT2D eigenvalue weighted by Crippen LogP contribution is 2.28. The van der Waals surface area contributed by atoms with Gasteiger partial charge in [0.05, 0.1) is 6.54 Å². The number of fused-ring (bicyclic) bond motifs is 1. The molecule has 1 aromatic heterocycles. The zero-order valence-corrected chi connectivity index (χ0v) is 11.3. The number of nitrogens with one attached hydrogen (secondary N) is 1. The van der Waals surface area contributed by atoms with E-state index in [-0.39, 0.29) is 17.4 Å². The highest BCUT2D eigenvalue weighted by molar-refractivity contribution is 5.37. The van der Waals surface area contributed by atoms with Gasteiger partial charge in [-0.05, 0) is 18.1 Å². The van der Waals surface area contributed by atoms with Crippen LogP contribution in [0.4, 0.5) is 0 Å². The lowest BCUT2D eigenvalue weighted by Gasteiger charge is -2.13. The van der Waals surface area contributed by atoms with Gasteiger partial charge < -0.3 is 4.74 Å². The van der Waals surface area contributed by atoms with Gasteiger partial charge in [0.2, 0.25) is 0 Å². The van der Waals surface area contributed by atoms with Crippen LogP contribution in [0.15, 0.2) is 40.1 Å². The predicted octanol–water partition coefficient (Wildman–Crippen LogP) is 1.10. The molecule has 0 aliphatic carbocycles. The van der Waals surface area contributed by atoms with E-state index in [1.54, 1.807) is 6.20 Å². The van der Waals surface area contributed by atoms with Crippen molar-refractivity contribution in [3.8, 4) is 5.75 Å². The minimum absolute atomic E-state index is 0.0688. The maximum Gasteiger partial charge on any atom is 0.328 e. The lowest BCUT2D eigenvalue weighted by Crippen LogP contribution is -2.35. The number of aromatic amines is 1. The molecule has 0 amide bonds. The lowest BCUT2D eigenvalue weighted by molar-refractivity contribution is 0.206. The third kappa shape index (κ3) is 2.27. The standard InChI is InChI=1S/C15H16N2O3/c1-2-10-8-17(15(19)16-14(10)18)9-12-7-11-5-3-4-6-13(11)20-12/h3-6,8,12H,2,7,9H2,1H3,(H,16,18,19). The molecule has 1 aromatic carbocycles. The number of H-pyrrole nitrogens is 1. The molecule has 1 unspecified atom stereocenters. The summed E-state index contributed by atoms with van der Waals surface area (Å²) >= 11 is 0. The van der Waals surface area contributed by atoms with Gasteiger partial charge in [-0.25, -0.2) is 4.79 Å². The average molecular weight is 272 g/mol. The van der Waals surface area contributed by atoms with Gasteiger partial charge in [0.15, 0.2) is 0 Å². The van der Waals surface area contributed by atoms with E-state index in [9.17, 15) is 9.59 Å². The Kier molecular flexibility index (Phi) is 3.18. The maximum atomic E-state index is 11.8.